The van der Waals surface area contributed by atoms with E-state index in [1.165, 1.54) is 35.5 Å². The molecular weight excluding hydrogens is 284 g/mol. The second kappa shape index (κ2) is 6.16. The number of hydrogen-bond acceptors (Lipinski definition) is 4. The summed E-state index contributed by atoms with van der Waals surface area (Å²) in [5.41, 5.74) is 0.441. The van der Waals surface area contributed by atoms with Crippen LogP contribution < -0.4 is 5.32 Å². The molecule has 0 aliphatic carbocycles. The van der Waals surface area contributed by atoms with Crippen LogP contribution in [0, 0.1) is 0 Å². The number of aromatic carboxylic acids is 1. The largest absolute Gasteiger partial charge is 0.478 e. The molecule has 2 rings (SSSR count). The zero-order valence-corrected chi connectivity index (χ0v) is 11.0. The quantitative estimate of drug-likeness (QED) is 0.874. The number of carbonyl (C=O) groups excluding carboxylic acids is 1. The minimum atomic E-state index is -1.07. The molecule has 7 nitrogen and oxygen atoms in total. The zero-order valence-electron chi connectivity index (χ0n) is 10.3. The highest BCUT2D eigenvalue weighted by Crippen LogP contribution is 2.23. The molecule has 1 heterocycles. The Morgan fingerprint density at radius 1 is 1.40 bits per heavy atom. The summed E-state index contributed by atoms with van der Waals surface area (Å²) in [5.74, 6) is -1.32. The van der Waals surface area contributed by atoms with Crippen molar-refractivity contribution in [2.45, 2.75) is 13.0 Å². The van der Waals surface area contributed by atoms with Gasteiger partial charge in [0, 0.05) is 6.42 Å². The van der Waals surface area contributed by atoms with E-state index < -0.39 is 5.97 Å². The first-order valence-electron chi connectivity index (χ1n) is 5.71. The molecule has 0 fully saturated rings. The molecule has 0 spiro atoms. The summed E-state index contributed by atoms with van der Waals surface area (Å²) in [6.45, 7) is 0.399. The maximum atomic E-state index is 11.7. The lowest BCUT2D eigenvalue weighted by atomic mass is 10.2. The van der Waals surface area contributed by atoms with Crippen LogP contribution in [0.1, 0.15) is 16.8 Å². The molecule has 1 aromatic carbocycles. The first-order valence-corrected chi connectivity index (χ1v) is 6.09. The van der Waals surface area contributed by atoms with Crippen LogP contribution >= 0.6 is 11.6 Å². The van der Waals surface area contributed by atoms with Crippen LogP contribution in [-0.2, 0) is 11.3 Å². The molecule has 104 valence electrons. The molecule has 20 heavy (non-hydrogen) atoms. The van der Waals surface area contributed by atoms with Gasteiger partial charge in [0.05, 0.1) is 22.8 Å². The van der Waals surface area contributed by atoms with Crippen molar-refractivity contribution < 1.29 is 14.7 Å². The van der Waals surface area contributed by atoms with E-state index in [1.54, 1.807) is 0 Å². The van der Waals surface area contributed by atoms with Crippen molar-refractivity contribution in [1.82, 2.24) is 14.8 Å². The van der Waals surface area contributed by atoms with Crippen molar-refractivity contribution in [3.8, 4) is 0 Å². The van der Waals surface area contributed by atoms with E-state index in [4.69, 9.17) is 16.7 Å². The number of amides is 1. The fraction of sp³-hybridized carbons (Fsp3) is 0.167. The lowest BCUT2D eigenvalue weighted by Crippen LogP contribution is -2.15. The normalized spacial score (nSPS) is 10.2. The fourth-order valence-corrected chi connectivity index (χ4v) is 1.75. The van der Waals surface area contributed by atoms with E-state index in [0.717, 1.165) is 0 Å². The molecule has 2 aromatic rings. The number of benzene rings is 1. The standard InChI is InChI=1S/C12H11ClN4O3/c13-9-5-8(12(19)20)1-2-10(9)16-11(18)3-4-17-7-14-6-15-17/h1-2,5-7H,3-4H2,(H,16,18)(H,19,20). The van der Waals surface area contributed by atoms with Gasteiger partial charge in [-0.25, -0.2) is 9.78 Å². The first kappa shape index (κ1) is 14.0. The van der Waals surface area contributed by atoms with E-state index in [1.807, 2.05) is 0 Å². The molecule has 1 amide bonds. The number of aryl methyl sites for hydroxylation is 1. The summed E-state index contributed by atoms with van der Waals surface area (Å²) >= 11 is 5.91. The van der Waals surface area contributed by atoms with Gasteiger partial charge in [-0.1, -0.05) is 11.6 Å². The van der Waals surface area contributed by atoms with Crippen LogP contribution in [-0.4, -0.2) is 31.7 Å². The predicted octanol–water partition coefficient (Wildman–Crippen LogP) is 1.66. The lowest BCUT2D eigenvalue weighted by molar-refractivity contribution is -0.116. The third kappa shape index (κ3) is 3.55. The summed E-state index contributed by atoms with van der Waals surface area (Å²) in [6, 6.07) is 4.12. The fourth-order valence-electron chi connectivity index (χ4n) is 1.53. The minimum absolute atomic E-state index is 0.0654. The SMILES string of the molecule is O=C(CCn1cncn1)Nc1ccc(C(=O)O)cc1Cl. The Balaban J connectivity index is 1.95. The number of rotatable bonds is 5. The van der Waals surface area contributed by atoms with Gasteiger partial charge in [-0.15, -0.1) is 0 Å². The average Bonchev–Trinajstić information content (AvgIpc) is 2.91. The third-order valence-electron chi connectivity index (χ3n) is 2.52. The molecule has 0 aliphatic rings. The van der Waals surface area contributed by atoms with Crippen molar-refractivity contribution in [1.29, 1.82) is 0 Å². The van der Waals surface area contributed by atoms with Gasteiger partial charge in [-0.2, -0.15) is 5.10 Å². The Morgan fingerprint density at radius 2 is 2.20 bits per heavy atom. The van der Waals surface area contributed by atoms with Crippen LogP contribution in [0.2, 0.25) is 5.02 Å². The van der Waals surface area contributed by atoms with Crippen molar-refractivity contribution >= 4 is 29.2 Å². The molecule has 0 saturated carbocycles. The Bertz CT molecular complexity index is 628. The smallest absolute Gasteiger partial charge is 0.335 e. The second-order valence-electron chi connectivity index (χ2n) is 3.96. The highest BCUT2D eigenvalue weighted by Gasteiger charge is 2.09. The van der Waals surface area contributed by atoms with Crippen LogP contribution in [0.15, 0.2) is 30.9 Å². The van der Waals surface area contributed by atoms with E-state index in [2.05, 4.69) is 15.4 Å². The van der Waals surface area contributed by atoms with Gasteiger partial charge in [0.1, 0.15) is 12.7 Å². The minimum Gasteiger partial charge on any atom is -0.478 e. The average molecular weight is 295 g/mol. The summed E-state index contributed by atoms with van der Waals surface area (Å²) < 4.78 is 1.54. The molecule has 0 bridgehead atoms. The molecule has 0 atom stereocenters. The van der Waals surface area contributed by atoms with E-state index in [9.17, 15) is 9.59 Å². The van der Waals surface area contributed by atoms with Gasteiger partial charge >= 0.3 is 5.97 Å². The van der Waals surface area contributed by atoms with Gasteiger partial charge in [-0.05, 0) is 18.2 Å². The molecule has 0 unspecified atom stereocenters. The van der Waals surface area contributed by atoms with Gasteiger partial charge in [0.15, 0.2) is 0 Å². The van der Waals surface area contributed by atoms with Gasteiger partial charge in [0.2, 0.25) is 5.91 Å². The van der Waals surface area contributed by atoms with Gasteiger partial charge < -0.3 is 10.4 Å². The Kier molecular flexibility index (Phi) is 4.31. The summed E-state index contributed by atoms with van der Waals surface area (Å²) in [7, 11) is 0. The topological polar surface area (TPSA) is 97.1 Å². The van der Waals surface area contributed by atoms with Crippen molar-refractivity contribution in [3.63, 3.8) is 0 Å². The highest BCUT2D eigenvalue weighted by molar-refractivity contribution is 6.34. The molecule has 1 aromatic heterocycles. The number of hydrogen-bond donors (Lipinski definition) is 2. The number of carboxylic acids is 1. The van der Waals surface area contributed by atoms with Crippen molar-refractivity contribution in [2.24, 2.45) is 0 Å². The van der Waals surface area contributed by atoms with Crippen LogP contribution in [0.25, 0.3) is 0 Å². The molecule has 0 radical (unpaired) electrons. The van der Waals surface area contributed by atoms with Crippen LogP contribution in [0.5, 0.6) is 0 Å². The first-order chi connectivity index (χ1) is 9.56. The molecule has 2 N–H and O–H groups in total. The summed E-state index contributed by atoms with van der Waals surface area (Å²) in [6.07, 6.45) is 3.11. The number of carboxylic acid groups (broad SMARTS) is 1. The number of nitrogens with one attached hydrogen (secondary N) is 1. The molecular formula is C12H11ClN4O3. The monoisotopic (exact) mass is 294 g/mol. The zero-order chi connectivity index (χ0) is 14.5. The van der Waals surface area contributed by atoms with Crippen LogP contribution in [0.3, 0.4) is 0 Å². The number of halogens is 1. The highest BCUT2D eigenvalue weighted by atomic mass is 35.5. The number of aromatic nitrogens is 3. The van der Waals surface area contributed by atoms with E-state index in [0.29, 0.717) is 12.2 Å². The van der Waals surface area contributed by atoms with E-state index in [-0.39, 0.29) is 22.9 Å². The van der Waals surface area contributed by atoms with Crippen LogP contribution in [0.4, 0.5) is 5.69 Å². The summed E-state index contributed by atoms with van der Waals surface area (Å²) in [5, 5.41) is 15.5. The van der Waals surface area contributed by atoms with Crippen molar-refractivity contribution in [2.75, 3.05) is 5.32 Å². The third-order valence-corrected chi connectivity index (χ3v) is 2.84. The molecule has 0 aliphatic heterocycles. The Morgan fingerprint density at radius 3 is 2.80 bits per heavy atom. The Hall–Kier alpha value is -2.41. The lowest BCUT2D eigenvalue weighted by Gasteiger charge is -2.07. The van der Waals surface area contributed by atoms with Gasteiger partial charge in [-0.3, -0.25) is 9.48 Å². The Labute approximate surface area is 119 Å². The number of carbonyl (C=O) groups is 2. The van der Waals surface area contributed by atoms with Gasteiger partial charge in [0.25, 0.3) is 0 Å². The summed E-state index contributed by atoms with van der Waals surface area (Å²) in [4.78, 5) is 26.3. The molecule has 0 saturated heterocycles. The number of nitrogens with zero attached hydrogens (tertiary/aromatic N) is 3. The van der Waals surface area contributed by atoms with E-state index >= 15 is 0 Å². The van der Waals surface area contributed by atoms with Crippen molar-refractivity contribution in [3.05, 3.63) is 41.4 Å². The maximum absolute atomic E-state index is 11.7. The maximum Gasteiger partial charge on any atom is 0.335 e. The predicted molar refractivity (Wildman–Crippen MR) is 71.7 cm³/mol. The molecule has 8 heteroatoms. The second-order valence-corrected chi connectivity index (χ2v) is 4.36. The number of anilines is 1.